The fraction of sp³-hybridized carbons (Fsp3) is 0.333. The fourth-order valence-corrected chi connectivity index (χ4v) is 3.13. The number of nitrogens with zero attached hydrogens (tertiary/aromatic N) is 1. The molecule has 24 heavy (non-hydrogen) atoms. The number of thiophene rings is 1. The highest BCUT2D eigenvalue weighted by Crippen LogP contribution is 2.08. The first kappa shape index (κ1) is 18.2. The van der Waals surface area contributed by atoms with Gasteiger partial charge in [-0.1, -0.05) is 12.1 Å². The SMILES string of the molecule is CNC(=O)c1ccc(C[NH+](C)CC(=O)N(C)Cc2ccsc2)cc1. The van der Waals surface area contributed by atoms with E-state index in [1.165, 1.54) is 5.56 Å². The Morgan fingerprint density at radius 3 is 2.46 bits per heavy atom. The van der Waals surface area contributed by atoms with Crippen molar-refractivity contribution >= 4 is 23.2 Å². The number of hydrogen-bond acceptors (Lipinski definition) is 3. The quantitative estimate of drug-likeness (QED) is 0.779. The zero-order valence-electron chi connectivity index (χ0n) is 14.3. The molecule has 1 atom stereocenters. The van der Waals surface area contributed by atoms with Gasteiger partial charge in [-0.25, -0.2) is 0 Å². The molecule has 2 N–H and O–H groups in total. The predicted octanol–water partition coefficient (Wildman–Crippen LogP) is 0.781. The van der Waals surface area contributed by atoms with E-state index in [2.05, 4.69) is 10.7 Å². The number of nitrogens with one attached hydrogen (secondary N) is 2. The molecule has 2 amide bonds. The maximum absolute atomic E-state index is 12.3. The third-order valence-corrected chi connectivity index (χ3v) is 4.56. The Hall–Kier alpha value is -2.18. The van der Waals surface area contributed by atoms with Gasteiger partial charge in [0, 0.05) is 31.8 Å². The van der Waals surface area contributed by atoms with Gasteiger partial charge in [0.1, 0.15) is 6.54 Å². The highest BCUT2D eigenvalue weighted by Gasteiger charge is 2.15. The summed E-state index contributed by atoms with van der Waals surface area (Å²) in [6, 6.07) is 9.54. The number of hydrogen-bond donors (Lipinski definition) is 2. The molecular formula is C18H24N3O2S+. The second-order valence-electron chi connectivity index (χ2n) is 5.97. The third-order valence-electron chi connectivity index (χ3n) is 3.83. The summed E-state index contributed by atoms with van der Waals surface area (Å²) in [6.45, 7) is 1.83. The van der Waals surface area contributed by atoms with E-state index in [9.17, 15) is 9.59 Å². The number of amides is 2. The van der Waals surface area contributed by atoms with E-state index in [1.54, 1.807) is 23.3 Å². The van der Waals surface area contributed by atoms with E-state index in [1.807, 2.05) is 49.8 Å². The van der Waals surface area contributed by atoms with Crippen molar-refractivity contribution in [2.75, 3.05) is 27.7 Å². The van der Waals surface area contributed by atoms with E-state index >= 15 is 0 Å². The Morgan fingerprint density at radius 1 is 1.17 bits per heavy atom. The van der Waals surface area contributed by atoms with Gasteiger partial charge in [-0.15, -0.1) is 0 Å². The molecule has 0 fully saturated rings. The van der Waals surface area contributed by atoms with Crippen LogP contribution in [0, 0.1) is 0 Å². The van der Waals surface area contributed by atoms with Crippen LogP contribution in [0.4, 0.5) is 0 Å². The van der Waals surface area contributed by atoms with E-state index in [0.717, 1.165) is 17.0 Å². The van der Waals surface area contributed by atoms with Gasteiger partial charge in [0.25, 0.3) is 11.8 Å². The Bertz CT molecular complexity index is 668. The molecule has 0 aliphatic rings. The minimum Gasteiger partial charge on any atom is -0.355 e. The molecule has 1 unspecified atom stereocenters. The third kappa shape index (κ3) is 5.18. The van der Waals surface area contributed by atoms with Crippen molar-refractivity contribution in [3.8, 4) is 0 Å². The first-order valence-electron chi connectivity index (χ1n) is 7.87. The van der Waals surface area contributed by atoms with Crippen LogP contribution >= 0.6 is 11.3 Å². The lowest BCUT2D eigenvalue weighted by Gasteiger charge is -2.19. The number of carbonyl (C=O) groups excluding carboxylic acids is 2. The van der Waals surface area contributed by atoms with Gasteiger partial charge in [0.05, 0.1) is 7.05 Å². The summed E-state index contributed by atoms with van der Waals surface area (Å²) < 4.78 is 0. The molecule has 1 heterocycles. The van der Waals surface area contributed by atoms with Gasteiger partial charge in [0.15, 0.2) is 6.54 Å². The summed E-state index contributed by atoms with van der Waals surface area (Å²) in [4.78, 5) is 26.7. The predicted molar refractivity (Wildman–Crippen MR) is 96.1 cm³/mol. The summed E-state index contributed by atoms with van der Waals surface area (Å²) >= 11 is 1.64. The van der Waals surface area contributed by atoms with Crippen LogP contribution in [0.25, 0.3) is 0 Å². The molecule has 5 nitrogen and oxygen atoms in total. The summed E-state index contributed by atoms with van der Waals surface area (Å²) in [5.41, 5.74) is 2.91. The maximum atomic E-state index is 12.3. The molecule has 0 aliphatic carbocycles. The molecule has 0 radical (unpaired) electrons. The summed E-state index contributed by atoms with van der Waals surface area (Å²) in [5.74, 6) is 0.0353. The van der Waals surface area contributed by atoms with Crippen LogP contribution < -0.4 is 10.2 Å². The fourth-order valence-electron chi connectivity index (χ4n) is 2.47. The molecule has 0 aliphatic heterocycles. The van der Waals surface area contributed by atoms with Crippen molar-refractivity contribution in [1.82, 2.24) is 10.2 Å². The van der Waals surface area contributed by atoms with Crippen LogP contribution in [-0.4, -0.2) is 44.4 Å². The largest absolute Gasteiger partial charge is 0.355 e. The second-order valence-corrected chi connectivity index (χ2v) is 6.75. The van der Waals surface area contributed by atoms with Crippen LogP contribution in [0.1, 0.15) is 21.5 Å². The second kappa shape index (κ2) is 8.61. The van der Waals surface area contributed by atoms with Crippen LogP contribution in [-0.2, 0) is 17.9 Å². The van der Waals surface area contributed by atoms with Gasteiger partial charge in [0.2, 0.25) is 0 Å². The number of rotatable bonds is 7. The summed E-state index contributed by atoms with van der Waals surface area (Å²) in [7, 11) is 5.46. The van der Waals surface area contributed by atoms with Crippen molar-refractivity contribution in [3.05, 3.63) is 57.8 Å². The number of likely N-dealkylation sites (N-methyl/N-ethyl adjacent to an activating group) is 2. The molecule has 128 valence electrons. The van der Waals surface area contributed by atoms with Crippen molar-refractivity contribution < 1.29 is 14.5 Å². The molecule has 2 rings (SSSR count). The first-order chi connectivity index (χ1) is 11.5. The molecule has 0 saturated heterocycles. The minimum absolute atomic E-state index is 0.0903. The van der Waals surface area contributed by atoms with E-state index < -0.39 is 0 Å². The molecule has 1 aromatic heterocycles. The molecule has 0 spiro atoms. The molecule has 1 aromatic carbocycles. The minimum atomic E-state index is -0.0903. The van der Waals surface area contributed by atoms with Crippen molar-refractivity contribution in [1.29, 1.82) is 0 Å². The van der Waals surface area contributed by atoms with E-state index in [0.29, 0.717) is 18.7 Å². The van der Waals surface area contributed by atoms with Gasteiger partial charge < -0.3 is 15.1 Å². The van der Waals surface area contributed by atoms with Crippen molar-refractivity contribution in [3.63, 3.8) is 0 Å². The van der Waals surface area contributed by atoms with Crippen molar-refractivity contribution in [2.24, 2.45) is 0 Å². The monoisotopic (exact) mass is 346 g/mol. The Labute approximate surface area is 146 Å². The summed E-state index contributed by atoms with van der Waals surface area (Å²) in [5, 5.41) is 6.69. The zero-order chi connectivity index (χ0) is 17.5. The molecule has 6 heteroatoms. The smallest absolute Gasteiger partial charge is 0.277 e. The topological polar surface area (TPSA) is 53.9 Å². The zero-order valence-corrected chi connectivity index (χ0v) is 15.2. The van der Waals surface area contributed by atoms with Crippen LogP contribution in [0.2, 0.25) is 0 Å². The van der Waals surface area contributed by atoms with Crippen LogP contribution in [0.5, 0.6) is 0 Å². The van der Waals surface area contributed by atoms with Gasteiger partial charge in [-0.05, 0) is 34.5 Å². The van der Waals surface area contributed by atoms with E-state index in [4.69, 9.17) is 0 Å². The Morgan fingerprint density at radius 2 is 1.88 bits per heavy atom. The average Bonchev–Trinajstić information content (AvgIpc) is 3.07. The number of benzene rings is 1. The molecule has 0 saturated carbocycles. The summed E-state index contributed by atoms with van der Waals surface area (Å²) in [6.07, 6.45) is 0. The lowest BCUT2D eigenvalue weighted by molar-refractivity contribution is -0.885. The average molecular weight is 346 g/mol. The van der Waals surface area contributed by atoms with Gasteiger partial charge in [-0.2, -0.15) is 11.3 Å². The Kier molecular flexibility index (Phi) is 6.52. The maximum Gasteiger partial charge on any atom is 0.277 e. The van der Waals surface area contributed by atoms with E-state index in [-0.39, 0.29) is 11.8 Å². The number of carbonyl (C=O) groups is 2. The Balaban J connectivity index is 1.84. The van der Waals surface area contributed by atoms with Crippen LogP contribution in [0.3, 0.4) is 0 Å². The molecular weight excluding hydrogens is 322 g/mol. The first-order valence-corrected chi connectivity index (χ1v) is 8.81. The van der Waals surface area contributed by atoms with Gasteiger partial charge >= 0.3 is 0 Å². The van der Waals surface area contributed by atoms with Crippen LogP contribution in [0.15, 0.2) is 41.1 Å². The normalized spacial score (nSPS) is 11.8. The lowest BCUT2D eigenvalue weighted by Crippen LogP contribution is -3.08. The molecule has 0 bridgehead atoms. The lowest BCUT2D eigenvalue weighted by atomic mass is 10.1. The standard InChI is InChI=1S/C18H23N3O2S/c1-19-18(23)16-6-4-14(5-7-16)10-20(2)12-17(22)21(3)11-15-8-9-24-13-15/h4-9,13H,10-12H2,1-3H3,(H,19,23)/p+1. The highest BCUT2D eigenvalue weighted by molar-refractivity contribution is 7.07. The molecule has 2 aromatic rings. The van der Waals surface area contributed by atoms with Crippen molar-refractivity contribution in [2.45, 2.75) is 13.1 Å². The van der Waals surface area contributed by atoms with Gasteiger partial charge in [-0.3, -0.25) is 9.59 Å². The highest BCUT2D eigenvalue weighted by atomic mass is 32.1. The number of quaternary nitrogens is 1.